The number of nitrogens with one attached hydrogen (secondary N) is 2. The highest BCUT2D eigenvalue weighted by atomic mass is 32.2. The van der Waals surface area contributed by atoms with Gasteiger partial charge in [0.05, 0.1) is 23.2 Å². The summed E-state index contributed by atoms with van der Waals surface area (Å²) < 4.78 is 31.1. The van der Waals surface area contributed by atoms with E-state index in [0.29, 0.717) is 18.6 Å². The predicted molar refractivity (Wildman–Crippen MR) is 196 cm³/mol. The number of H-pyrrole nitrogens is 1. The van der Waals surface area contributed by atoms with Crippen molar-refractivity contribution in [1.82, 2.24) is 14.8 Å². The Balaban J connectivity index is 1.32. The quantitative estimate of drug-likeness (QED) is 0.0863. The molecule has 0 aliphatic rings. The van der Waals surface area contributed by atoms with Crippen LogP contribution in [-0.2, 0) is 19.6 Å². The fourth-order valence-corrected chi connectivity index (χ4v) is 7.00. The minimum atomic E-state index is -3.91. The highest BCUT2D eigenvalue weighted by Gasteiger charge is 2.17. The highest BCUT2D eigenvalue weighted by Crippen LogP contribution is 2.39. The van der Waals surface area contributed by atoms with Gasteiger partial charge in [-0.2, -0.15) is 18.4 Å². The number of aromatic nitrogens is 2. The second-order valence-corrected chi connectivity index (χ2v) is 13.6. The zero-order valence-corrected chi connectivity index (χ0v) is 27.9. The van der Waals surface area contributed by atoms with E-state index >= 15 is 0 Å². The van der Waals surface area contributed by atoms with Crippen LogP contribution in [0.2, 0.25) is 0 Å². The number of nitrogens with zero attached hydrogens (tertiary/aromatic N) is 2. The summed E-state index contributed by atoms with van der Waals surface area (Å²) in [4.78, 5) is 22.8. The molecule has 0 saturated carbocycles. The largest absolute Gasteiger partial charge is 0.469 e. The minimum absolute atomic E-state index is 0.119. The molecule has 49 heavy (non-hydrogen) atoms. The molecule has 0 aliphatic heterocycles. The van der Waals surface area contributed by atoms with Crippen LogP contribution < -0.4 is 4.83 Å². The Hall–Kier alpha value is -5.80. The Bertz CT molecular complexity index is 2470. The van der Waals surface area contributed by atoms with E-state index in [9.17, 15) is 13.2 Å². The number of para-hydroxylation sites is 1. The topological polar surface area (TPSA) is 114 Å². The first-order valence-corrected chi connectivity index (χ1v) is 17.5. The lowest BCUT2D eigenvalue weighted by Gasteiger charge is -2.14. The molecule has 0 aliphatic carbocycles. The first kappa shape index (κ1) is 31.8. The number of ether oxygens (including phenoxy) is 1. The molecule has 0 atom stereocenters. The van der Waals surface area contributed by atoms with Crippen molar-refractivity contribution in [3.63, 3.8) is 0 Å². The number of hydrogen-bond acceptors (Lipinski definition) is 6. The molecule has 0 unspecified atom stereocenters. The third-order valence-electron chi connectivity index (χ3n) is 8.74. The lowest BCUT2D eigenvalue weighted by Crippen LogP contribution is -2.21. The van der Waals surface area contributed by atoms with E-state index < -0.39 is 10.0 Å². The van der Waals surface area contributed by atoms with Gasteiger partial charge in [-0.05, 0) is 78.9 Å². The Morgan fingerprint density at radius 1 is 0.796 bits per heavy atom. The summed E-state index contributed by atoms with van der Waals surface area (Å²) in [5, 5.41) is 7.46. The number of hydrogen-bond donors (Lipinski definition) is 2. The van der Waals surface area contributed by atoms with Crippen molar-refractivity contribution in [2.45, 2.75) is 31.1 Å². The number of esters is 1. The molecule has 0 spiro atoms. The lowest BCUT2D eigenvalue weighted by atomic mass is 9.92. The number of benzene rings is 5. The van der Waals surface area contributed by atoms with Gasteiger partial charge in [0.15, 0.2) is 0 Å². The van der Waals surface area contributed by atoms with Crippen LogP contribution in [0.3, 0.4) is 0 Å². The van der Waals surface area contributed by atoms with Gasteiger partial charge < -0.3 is 9.72 Å². The number of carbonyl (C=O) groups excluding carboxylic acids is 1. The maximum atomic E-state index is 13.1. The molecule has 7 rings (SSSR count). The smallest absolute Gasteiger partial charge is 0.305 e. The maximum absolute atomic E-state index is 13.1. The van der Waals surface area contributed by atoms with Crippen molar-refractivity contribution in [3.05, 3.63) is 133 Å². The van der Waals surface area contributed by atoms with Gasteiger partial charge in [-0.25, -0.2) is 0 Å². The zero-order valence-electron chi connectivity index (χ0n) is 27.1. The average molecular weight is 667 g/mol. The zero-order chi connectivity index (χ0) is 34.0. The van der Waals surface area contributed by atoms with E-state index in [0.717, 1.165) is 66.1 Å². The molecule has 0 bridgehead atoms. The number of rotatable bonds is 10. The van der Waals surface area contributed by atoms with Gasteiger partial charge in [0.25, 0.3) is 10.0 Å². The molecular weight excluding hydrogens is 633 g/mol. The van der Waals surface area contributed by atoms with Gasteiger partial charge in [0, 0.05) is 50.9 Å². The van der Waals surface area contributed by atoms with E-state index in [2.05, 4.69) is 51.3 Å². The fraction of sp³-hybridized carbons (Fsp3) is 0.125. The van der Waals surface area contributed by atoms with Crippen molar-refractivity contribution in [2.75, 3.05) is 7.11 Å². The number of aryl methyl sites for hydroxylation is 1. The van der Waals surface area contributed by atoms with Crippen LogP contribution in [0.4, 0.5) is 0 Å². The normalized spacial score (nSPS) is 12.1. The molecule has 2 aromatic heterocycles. The Morgan fingerprint density at radius 3 is 2.29 bits per heavy atom. The van der Waals surface area contributed by atoms with Crippen LogP contribution in [0.15, 0.2) is 131 Å². The van der Waals surface area contributed by atoms with Crippen molar-refractivity contribution < 1.29 is 17.9 Å². The number of methoxy groups -OCH3 is 1. The first-order chi connectivity index (χ1) is 23.8. The Morgan fingerprint density at radius 2 is 1.51 bits per heavy atom. The van der Waals surface area contributed by atoms with E-state index in [1.54, 1.807) is 24.3 Å². The molecule has 244 valence electrons. The Kier molecular flexibility index (Phi) is 8.67. The van der Waals surface area contributed by atoms with Crippen LogP contribution in [0.5, 0.6) is 0 Å². The van der Waals surface area contributed by atoms with Crippen molar-refractivity contribution >= 4 is 54.4 Å². The summed E-state index contributed by atoms with van der Waals surface area (Å²) in [5.41, 5.74) is 9.31. The van der Waals surface area contributed by atoms with Crippen LogP contribution in [0.1, 0.15) is 30.4 Å². The summed E-state index contributed by atoms with van der Waals surface area (Å²) >= 11 is 0. The summed E-state index contributed by atoms with van der Waals surface area (Å²) in [5.74, 6) is -0.336. The van der Waals surface area contributed by atoms with Gasteiger partial charge in [0.1, 0.15) is 0 Å². The van der Waals surface area contributed by atoms with Crippen molar-refractivity contribution in [1.29, 1.82) is 0 Å². The monoisotopic (exact) mass is 666 g/mol. The predicted octanol–water partition coefficient (Wildman–Crippen LogP) is 8.54. The second kappa shape index (κ2) is 13.4. The molecule has 9 heteroatoms. The van der Waals surface area contributed by atoms with Crippen molar-refractivity contribution in [3.8, 4) is 22.3 Å². The summed E-state index contributed by atoms with van der Waals surface area (Å²) in [6.07, 6.45) is 2.92. The SMILES string of the molecule is COC(=O)CCC/C(=N\NS(=O)(=O)c1ccc(C)cc1)c1ccc2[nH]c3ccc(-c4cnc5ccccc5c4-c4ccccc4)cc3c2c1. The number of carbonyl (C=O) groups is 1. The van der Waals surface area contributed by atoms with E-state index in [1.165, 1.54) is 7.11 Å². The number of aromatic amines is 1. The molecule has 0 saturated heterocycles. The number of hydrazone groups is 1. The van der Waals surface area contributed by atoms with Gasteiger partial charge in [-0.1, -0.05) is 78.4 Å². The van der Waals surface area contributed by atoms with E-state index in [1.807, 2.05) is 67.7 Å². The number of sulfonamides is 1. The standard InChI is InChI=1S/C40H34N4O4S/c1-26-15-19-30(20-16-26)49(46,47)44-43-35(13-8-14-39(45)48-2)29-18-22-38-33(24-29)32-23-28(17-21-37(32)42-38)34-25-41-36-12-7-6-11-31(36)40(34)27-9-4-3-5-10-27/h3-7,9-12,15-25,42,44H,8,13-14H2,1-2H3/b43-35+. The fourth-order valence-electron chi connectivity index (χ4n) is 6.17. The molecule has 0 fully saturated rings. The van der Waals surface area contributed by atoms with Gasteiger partial charge in [-0.3, -0.25) is 9.78 Å². The third kappa shape index (κ3) is 6.53. The lowest BCUT2D eigenvalue weighted by molar-refractivity contribution is -0.140. The molecular formula is C40H34N4O4S. The third-order valence-corrected chi connectivity index (χ3v) is 9.96. The van der Waals surface area contributed by atoms with Crippen LogP contribution in [-0.4, -0.2) is 37.2 Å². The van der Waals surface area contributed by atoms with Gasteiger partial charge in [0.2, 0.25) is 0 Å². The van der Waals surface area contributed by atoms with Crippen molar-refractivity contribution in [2.24, 2.45) is 5.10 Å². The summed E-state index contributed by atoms with van der Waals surface area (Å²) in [6, 6.07) is 37.4. The molecule has 7 aromatic rings. The summed E-state index contributed by atoms with van der Waals surface area (Å²) in [6.45, 7) is 1.89. The molecule has 8 nitrogen and oxygen atoms in total. The maximum Gasteiger partial charge on any atom is 0.305 e. The van der Waals surface area contributed by atoms with Crippen LogP contribution in [0, 0.1) is 6.92 Å². The molecule has 0 amide bonds. The van der Waals surface area contributed by atoms with Gasteiger partial charge >= 0.3 is 5.97 Å². The molecule has 2 heterocycles. The van der Waals surface area contributed by atoms with Gasteiger partial charge in [-0.15, -0.1) is 0 Å². The van der Waals surface area contributed by atoms with Crippen LogP contribution in [0.25, 0.3) is 55.0 Å². The van der Waals surface area contributed by atoms with E-state index in [-0.39, 0.29) is 17.3 Å². The molecule has 0 radical (unpaired) electrons. The molecule has 2 N–H and O–H groups in total. The van der Waals surface area contributed by atoms with E-state index in [4.69, 9.17) is 9.72 Å². The first-order valence-electron chi connectivity index (χ1n) is 16.0. The average Bonchev–Trinajstić information content (AvgIpc) is 3.50. The molecule has 5 aromatic carbocycles. The minimum Gasteiger partial charge on any atom is -0.469 e. The second-order valence-electron chi connectivity index (χ2n) is 12.0. The Labute approximate surface area is 284 Å². The summed E-state index contributed by atoms with van der Waals surface area (Å²) in [7, 11) is -2.56. The number of fused-ring (bicyclic) bond motifs is 4. The number of pyridine rings is 1. The highest BCUT2D eigenvalue weighted by molar-refractivity contribution is 7.89. The van der Waals surface area contributed by atoms with Crippen LogP contribution >= 0.6 is 0 Å².